The van der Waals surface area contributed by atoms with Crippen molar-refractivity contribution in [2.45, 2.75) is 17.6 Å². The number of rotatable bonds is 6. The van der Waals surface area contributed by atoms with Crippen LogP contribution in [-0.4, -0.2) is 25.1 Å². The molecule has 0 radical (unpaired) electrons. The molecular formula is C21H15F2N3O4S. The number of nitriles is 1. The minimum absolute atomic E-state index is 0.0973. The van der Waals surface area contributed by atoms with E-state index in [0.717, 1.165) is 24.3 Å². The number of pyridine rings is 1. The number of amides is 1. The number of nitrogens with one attached hydrogen (secondary N) is 1. The van der Waals surface area contributed by atoms with Gasteiger partial charge in [0.2, 0.25) is 15.7 Å². The molecule has 1 aromatic heterocycles. The molecule has 0 bridgehead atoms. The van der Waals surface area contributed by atoms with Gasteiger partial charge in [-0.1, -0.05) is 0 Å². The number of carbonyl (C=O) groups is 1. The van der Waals surface area contributed by atoms with E-state index >= 15 is 0 Å². The summed E-state index contributed by atoms with van der Waals surface area (Å²) < 4.78 is 53.8. The smallest absolute Gasteiger partial charge is 0.341 e. The lowest BCUT2D eigenvalue weighted by Gasteiger charge is -2.12. The van der Waals surface area contributed by atoms with E-state index in [1.54, 1.807) is 37.3 Å². The van der Waals surface area contributed by atoms with Gasteiger partial charge in [0.1, 0.15) is 17.4 Å². The van der Waals surface area contributed by atoms with E-state index < -0.39 is 26.4 Å². The first-order chi connectivity index (χ1) is 14.7. The first kappa shape index (κ1) is 21.9. The molecule has 0 aliphatic heterocycles. The number of anilines is 1. The molecule has 0 spiro atoms. The van der Waals surface area contributed by atoms with Crippen molar-refractivity contribution in [2.75, 3.05) is 5.32 Å². The second-order valence-corrected chi connectivity index (χ2v) is 8.25. The standard InChI is InChI=1S/C21H15F2N3O4S/c1-13-11-16(30-20-15(12-24)3-2-10-25-20)6-9-18(13)26-19(27)14-4-7-17(8-5-14)31(28,29)21(22)23/h2-11,21H,1H3,(H,26,27). The zero-order chi connectivity index (χ0) is 22.6. The van der Waals surface area contributed by atoms with Gasteiger partial charge in [-0.25, -0.2) is 13.4 Å². The maximum atomic E-state index is 12.6. The van der Waals surface area contributed by atoms with Gasteiger partial charge in [-0.2, -0.15) is 14.0 Å². The number of aromatic nitrogens is 1. The van der Waals surface area contributed by atoms with Crippen molar-refractivity contribution in [3.63, 3.8) is 0 Å². The van der Waals surface area contributed by atoms with Crippen molar-refractivity contribution >= 4 is 21.4 Å². The molecule has 0 saturated carbocycles. The molecule has 0 atom stereocenters. The number of hydrogen-bond donors (Lipinski definition) is 1. The second-order valence-electron chi connectivity index (χ2n) is 6.33. The summed E-state index contributed by atoms with van der Waals surface area (Å²) in [5.41, 5.74) is 1.48. The van der Waals surface area contributed by atoms with Crippen LogP contribution in [-0.2, 0) is 9.84 Å². The third-order valence-corrected chi connectivity index (χ3v) is 5.63. The number of alkyl halides is 2. The van der Waals surface area contributed by atoms with Crippen molar-refractivity contribution in [3.05, 3.63) is 77.5 Å². The fourth-order valence-electron chi connectivity index (χ4n) is 2.60. The van der Waals surface area contributed by atoms with Gasteiger partial charge in [-0.05, 0) is 67.1 Å². The summed E-state index contributed by atoms with van der Waals surface area (Å²) in [5.74, 6) is -3.52. The molecule has 0 fully saturated rings. The molecule has 3 aromatic rings. The van der Waals surface area contributed by atoms with Crippen LogP contribution in [0.5, 0.6) is 11.6 Å². The van der Waals surface area contributed by atoms with Gasteiger partial charge in [-0.3, -0.25) is 4.79 Å². The highest BCUT2D eigenvalue weighted by Gasteiger charge is 2.26. The zero-order valence-electron chi connectivity index (χ0n) is 16.0. The molecule has 7 nitrogen and oxygen atoms in total. The SMILES string of the molecule is Cc1cc(Oc2ncccc2C#N)ccc1NC(=O)c1ccc(S(=O)(=O)C(F)F)cc1. The number of hydrogen-bond acceptors (Lipinski definition) is 6. The van der Waals surface area contributed by atoms with Gasteiger partial charge in [0.05, 0.1) is 4.90 Å². The Kier molecular flexibility index (Phi) is 6.27. The maximum absolute atomic E-state index is 12.6. The maximum Gasteiger partial charge on any atom is 0.341 e. The Morgan fingerprint density at radius 3 is 2.48 bits per heavy atom. The van der Waals surface area contributed by atoms with Crippen molar-refractivity contribution in [1.29, 1.82) is 5.26 Å². The van der Waals surface area contributed by atoms with E-state index in [9.17, 15) is 22.0 Å². The van der Waals surface area contributed by atoms with Crippen LogP contribution in [0.2, 0.25) is 0 Å². The van der Waals surface area contributed by atoms with Gasteiger partial charge >= 0.3 is 5.76 Å². The normalized spacial score (nSPS) is 11.1. The predicted molar refractivity (Wildman–Crippen MR) is 108 cm³/mol. The highest BCUT2D eigenvalue weighted by atomic mass is 32.2. The fraction of sp³-hybridized carbons (Fsp3) is 0.0952. The van der Waals surface area contributed by atoms with Crippen LogP contribution in [0.4, 0.5) is 14.5 Å². The van der Waals surface area contributed by atoms with Crippen LogP contribution < -0.4 is 10.1 Å². The zero-order valence-corrected chi connectivity index (χ0v) is 16.9. The Morgan fingerprint density at radius 2 is 1.87 bits per heavy atom. The molecular weight excluding hydrogens is 428 g/mol. The van der Waals surface area contributed by atoms with Crippen LogP contribution in [0.25, 0.3) is 0 Å². The van der Waals surface area contributed by atoms with Crippen LogP contribution in [0.1, 0.15) is 21.5 Å². The molecule has 1 amide bonds. The molecule has 0 aliphatic rings. The Hall–Kier alpha value is -3.84. The largest absolute Gasteiger partial charge is 0.438 e. The lowest BCUT2D eigenvalue weighted by Crippen LogP contribution is -2.14. The minimum Gasteiger partial charge on any atom is -0.438 e. The van der Waals surface area contributed by atoms with E-state index in [-0.39, 0.29) is 17.0 Å². The van der Waals surface area contributed by atoms with Gasteiger partial charge in [0.25, 0.3) is 5.91 Å². The Morgan fingerprint density at radius 1 is 1.16 bits per heavy atom. The summed E-state index contributed by atoms with van der Waals surface area (Å²) >= 11 is 0. The summed E-state index contributed by atoms with van der Waals surface area (Å²) in [4.78, 5) is 15.9. The number of nitrogens with zero attached hydrogens (tertiary/aromatic N) is 2. The Labute approximate surface area is 176 Å². The molecule has 0 saturated heterocycles. The van der Waals surface area contributed by atoms with Crippen LogP contribution in [0, 0.1) is 18.3 Å². The number of carbonyl (C=O) groups excluding carboxylic acids is 1. The molecule has 10 heteroatoms. The van der Waals surface area contributed by atoms with E-state index in [2.05, 4.69) is 10.3 Å². The lowest BCUT2D eigenvalue weighted by atomic mass is 10.1. The number of aryl methyl sites for hydroxylation is 1. The predicted octanol–water partition coefficient (Wildman–Crippen LogP) is 4.30. The average Bonchev–Trinajstić information content (AvgIpc) is 2.76. The fourth-order valence-corrected chi connectivity index (χ4v) is 3.32. The third kappa shape index (κ3) is 4.84. The number of benzene rings is 2. The Balaban J connectivity index is 1.74. The molecule has 2 aromatic carbocycles. The summed E-state index contributed by atoms with van der Waals surface area (Å²) in [7, 11) is -4.72. The molecule has 1 N–H and O–H groups in total. The van der Waals surface area contributed by atoms with E-state index in [1.807, 2.05) is 6.07 Å². The molecule has 1 heterocycles. The molecule has 31 heavy (non-hydrogen) atoms. The van der Waals surface area contributed by atoms with E-state index in [4.69, 9.17) is 10.00 Å². The first-order valence-corrected chi connectivity index (χ1v) is 10.3. The van der Waals surface area contributed by atoms with E-state index in [0.29, 0.717) is 17.0 Å². The third-order valence-electron chi connectivity index (χ3n) is 4.23. The lowest BCUT2D eigenvalue weighted by molar-refractivity contribution is 0.102. The first-order valence-electron chi connectivity index (χ1n) is 8.79. The summed E-state index contributed by atoms with van der Waals surface area (Å²) in [6.07, 6.45) is 1.50. The highest BCUT2D eigenvalue weighted by Crippen LogP contribution is 2.27. The Bertz CT molecular complexity index is 1270. The average molecular weight is 443 g/mol. The summed E-state index contributed by atoms with van der Waals surface area (Å²) in [6, 6.07) is 14.2. The monoisotopic (exact) mass is 443 g/mol. The topological polar surface area (TPSA) is 109 Å². The molecule has 3 rings (SSSR count). The highest BCUT2D eigenvalue weighted by molar-refractivity contribution is 7.91. The van der Waals surface area contributed by atoms with Gasteiger partial charge in [0, 0.05) is 17.4 Å². The van der Waals surface area contributed by atoms with Gasteiger partial charge in [-0.15, -0.1) is 0 Å². The second kappa shape index (κ2) is 8.89. The number of halogens is 2. The van der Waals surface area contributed by atoms with Crippen LogP contribution in [0.3, 0.4) is 0 Å². The van der Waals surface area contributed by atoms with Crippen LogP contribution in [0.15, 0.2) is 65.7 Å². The molecule has 158 valence electrons. The van der Waals surface area contributed by atoms with Crippen LogP contribution >= 0.6 is 0 Å². The minimum atomic E-state index is -4.72. The summed E-state index contributed by atoms with van der Waals surface area (Å²) in [5, 5.41) is 11.8. The quantitative estimate of drug-likeness (QED) is 0.608. The molecule has 0 aliphatic carbocycles. The van der Waals surface area contributed by atoms with Crippen molar-refractivity contribution in [1.82, 2.24) is 4.98 Å². The molecule has 0 unspecified atom stereocenters. The van der Waals surface area contributed by atoms with Gasteiger partial charge < -0.3 is 10.1 Å². The van der Waals surface area contributed by atoms with Gasteiger partial charge in [0.15, 0.2) is 0 Å². The number of sulfone groups is 1. The number of ether oxygens (including phenoxy) is 1. The van der Waals surface area contributed by atoms with Crippen molar-refractivity contribution < 1.29 is 26.7 Å². The van der Waals surface area contributed by atoms with Crippen molar-refractivity contribution in [3.8, 4) is 17.7 Å². The summed E-state index contributed by atoms with van der Waals surface area (Å²) in [6.45, 7) is 1.73. The van der Waals surface area contributed by atoms with E-state index in [1.165, 1.54) is 6.20 Å². The van der Waals surface area contributed by atoms with Crippen molar-refractivity contribution in [2.24, 2.45) is 0 Å².